The Hall–Kier alpha value is -1.80. The highest BCUT2D eigenvalue weighted by Crippen LogP contribution is 2.13. The quantitative estimate of drug-likeness (QED) is 0.878. The number of hydrogen-bond acceptors (Lipinski definition) is 3. The van der Waals surface area contributed by atoms with Gasteiger partial charge in [-0.2, -0.15) is 0 Å². The highest BCUT2D eigenvalue weighted by atomic mass is 32.2. The van der Waals surface area contributed by atoms with Crippen molar-refractivity contribution in [3.63, 3.8) is 0 Å². The number of aromatic nitrogens is 2. The first kappa shape index (κ1) is 12.7. The predicted molar refractivity (Wildman–Crippen MR) is 59.0 cm³/mol. The van der Waals surface area contributed by atoms with Crippen molar-refractivity contribution in [2.45, 2.75) is 11.4 Å². The maximum absolute atomic E-state index is 12.9. The van der Waals surface area contributed by atoms with Gasteiger partial charge in [-0.15, -0.1) is 0 Å². The van der Waals surface area contributed by atoms with Gasteiger partial charge in [0.2, 0.25) is 10.0 Å². The molecule has 2 rings (SSSR count). The summed E-state index contributed by atoms with van der Waals surface area (Å²) in [6, 6.07) is 2.10. The molecule has 0 radical (unpaired) electrons. The number of nitrogens with zero attached hydrogens (tertiary/aromatic N) is 1. The van der Waals surface area contributed by atoms with Crippen LogP contribution < -0.4 is 4.72 Å². The number of hydrogen-bond donors (Lipinski definition) is 2. The summed E-state index contributed by atoms with van der Waals surface area (Å²) < 4.78 is 51.6. The summed E-state index contributed by atoms with van der Waals surface area (Å²) in [5, 5.41) is 0. The minimum Gasteiger partial charge on any atom is -0.347 e. The third kappa shape index (κ3) is 2.90. The van der Waals surface area contributed by atoms with E-state index >= 15 is 0 Å². The molecule has 0 aliphatic carbocycles. The SMILES string of the molecule is O=S(=O)(NCc1cnc[nH]1)c1cc(F)cc(F)c1. The van der Waals surface area contributed by atoms with Gasteiger partial charge < -0.3 is 4.98 Å². The van der Waals surface area contributed by atoms with Gasteiger partial charge in [-0.05, 0) is 12.1 Å². The highest BCUT2D eigenvalue weighted by Gasteiger charge is 2.16. The fraction of sp³-hybridized carbons (Fsp3) is 0.100. The maximum Gasteiger partial charge on any atom is 0.241 e. The molecule has 1 aromatic heterocycles. The minimum atomic E-state index is -3.96. The summed E-state index contributed by atoms with van der Waals surface area (Å²) in [7, 11) is -3.96. The molecule has 18 heavy (non-hydrogen) atoms. The molecule has 96 valence electrons. The van der Waals surface area contributed by atoms with E-state index in [0.717, 1.165) is 12.1 Å². The first-order valence-electron chi connectivity index (χ1n) is 4.90. The summed E-state index contributed by atoms with van der Waals surface area (Å²) in [5.74, 6) is -1.89. The van der Waals surface area contributed by atoms with Gasteiger partial charge in [0.15, 0.2) is 0 Å². The number of nitrogens with one attached hydrogen (secondary N) is 2. The second-order valence-electron chi connectivity index (χ2n) is 3.51. The molecular formula is C10H9F2N3O2S. The normalized spacial score (nSPS) is 11.7. The van der Waals surface area contributed by atoms with E-state index in [1.54, 1.807) is 0 Å². The zero-order valence-electron chi connectivity index (χ0n) is 9.02. The lowest BCUT2D eigenvalue weighted by Gasteiger charge is -2.05. The molecular weight excluding hydrogens is 264 g/mol. The number of sulfonamides is 1. The lowest BCUT2D eigenvalue weighted by Crippen LogP contribution is -2.23. The van der Waals surface area contributed by atoms with Crippen molar-refractivity contribution in [3.05, 3.63) is 48.1 Å². The molecule has 0 bridgehead atoms. The monoisotopic (exact) mass is 273 g/mol. The van der Waals surface area contributed by atoms with E-state index in [-0.39, 0.29) is 6.54 Å². The Morgan fingerprint density at radius 1 is 1.22 bits per heavy atom. The molecule has 1 heterocycles. The number of benzene rings is 1. The van der Waals surface area contributed by atoms with E-state index in [0.29, 0.717) is 11.8 Å². The van der Waals surface area contributed by atoms with Crippen LogP contribution in [0.3, 0.4) is 0 Å². The first-order valence-corrected chi connectivity index (χ1v) is 6.39. The van der Waals surface area contributed by atoms with Crippen molar-refractivity contribution in [3.8, 4) is 0 Å². The minimum absolute atomic E-state index is 0.0412. The van der Waals surface area contributed by atoms with Crippen molar-refractivity contribution in [1.82, 2.24) is 14.7 Å². The molecule has 0 saturated heterocycles. The van der Waals surface area contributed by atoms with Crippen LogP contribution >= 0.6 is 0 Å². The topological polar surface area (TPSA) is 74.8 Å². The van der Waals surface area contributed by atoms with Crippen LogP contribution in [0.2, 0.25) is 0 Å². The van der Waals surface area contributed by atoms with Crippen molar-refractivity contribution in [2.75, 3.05) is 0 Å². The van der Waals surface area contributed by atoms with Gasteiger partial charge >= 0.3 is 0 Å². The molecule has 0 atom stereocenters. The molecule has 2 N–H and O–H groups in total. The van der Waals surface area contributed by atoms with Gasteiger partial charge in [-0.25, -0.2) is 26.9 Å². The Kier molecular flexibility index (Phi) is 3.39. The number of halogens is 2. The van der Waals surface area contributed by atoms with Crippen LogP contribution in [0.4, 0.5) is 8.78 Å². The standard InChI is InChI=1S/C10H9F2N3O2S/c11-7-1-8(12)3-10(2-7)18(16,17)15-5-9-4-13-6-14-9/h1-4,6,15H,5H2,(H,13,14). The van der Waals surface area contributed by atoms with E-state index in [9.17, 15) is 17.2 Å². The van der Waals surface area contributed by atoms with Crippen LogP contribution in [-0.4, -0.2) is 18.4 Å². The van der Waals surface area contributed by atoms with Crippen molar-refractivity contribution in [2.24, 2.45) is 0 Å². The Bertz CT molecular complexity index is 621. The van der Waals surface area contributed by atoms with Crippen LogP contribution in [0.15, 0.2) is 35.6 Å². The van der Waals surface area contributed by atoms with E-state index in [2.05, 4.69) is 14.7 Å². The molecule has 0 amide bonds. The van der Waals surface area contributed by atoms with Crippen molar-refractivity contribution >= 4 is 10.0 Å². The van der Waals surface area contributed by atoms with Gasteiger partial charge in [0.05, 0.1) is 17.8 Å². The van der Waals surface area contributed by atoms with Crippen molar-refractivity contribution < 1.29 is 17.2 Å². The van der Waals surface area contributed by atoms with Gasteiger partial charge in [-0.3, -0.25) is 0 Å². The molecule has 2 aromatic rings. The van der Waals surface area contributed by atoms with Gasteiger partial charge in [0.1, 0.15) is 11.6 Å². The van der Waals surface area contributed by atoms with Crippen LogP contribution in [0, 0.1) is 11.6 Å². The molecule has 8 heteroatoms. The summed E-state index contributed by atoms with van der Waals surface area (Å²) in [6.07, 6.45) is 2.83. The molecule has 0 unspecified atom stereocenters. The molecule has 0 fully saturated rings. The Labute approximate surface area is 102 Å². The van der Waals surface area contributed by atoms with Crippen LogP contribution in [0.25, 0.3) is 0 Å². The third-order valence-corrected chi connectivity index (χ3v) is 3.53. The molecule has 1 aromatic carbocycles. The maximum atomic E-state index is 12.9. The lowest BCUT2D eigenvalue weighted by atomic mass is 10.3. The fourth-order valence-corrected chi connectivity index (χ4v) is 2.37. The molecule has 0 spiro atoms. The summed E-state index contributed by atoms with van der Waals surface area (Å²) >= 11 is 0. The van der Waals surface area contributed by atoms with Crippen LogP contribution in [-0.2, 0) is 16.6 Å². The van der Waals surface area contributed by atoms with Crippen molar-refractivity contribution in [1.29, 1.82) is 0 Å². The van der Waals surface area contributed by atoms with Gasteiger partial charge in [0.25, 0.3) is 0 Å². The summed E-state index contributed by atoms with van der Waals surface area (Å²) in [4.78, 5) is 5.95. The average molecular weight is 273 g/mol. The lowest BCUT2D eigenvalue weighted by molar-refractivity contribution is 0.561. The molecule has 0 saturated carbocycles. The number of aromatic amines is 1. The second-order valence-corrected chi connectivity index (χ2v) is 5.27. The van der Waals surface area contributed by atoms with E-state index in [1.165, 1.54) is 12.5 Å². The Balaban J connectivity index is 2.20. The van der Waals surface area contributed by atoms with Crippen LogP contribution in [0.5, 0.6) is 0 Å². The Morgan fingerprint density at radius 3 is 2.44 bits per heavy atom. The largest absolute Gasteiger partial charge is 0.347 e. The van der Waals surface area contributed by atoms with E-state index in [4.69, 9.17) is 0 Å². The Morgan fingerprint density at radius 2 is 1.89 bits per heavy atom. The number of imidazole rings is 1. The van der Waals surface area contributed by atoms with Gasteiger partial charge in [0, 0.05) is 18.0 Å². The molecule has 5 nitrogen and oxygen atoms in total. The predicted octanol–water partition coefficient (Wildman–Crippen LogP) is 1.17. The van der Waals surface area contributed by atoms with E-state index < -0.39 is 26.6 Å². The fourth-order valence-electron chi connectivity index (χ4n) is 1.32. The molecule has 0 aliphatic heterocycles. The third-order valence-electron chi connectivity index (χ3n) is 2.15. The highest BCUT2D eigenvalue weighted by molar-refractivity contribution is 7.89. The number of rotatable bonds is 4. The number of H-pyrrole nitrogens is 1. The van der Waals surface area contributed by atoms with Crippen LogP contribution in [0.1, 0.15) is 5.69 Å². The summed E-state index contributed by atoms with van der Waals surface area (Å²) in [5.41, 5.74) is 0.537. The first-order chi connectivity index (χ1) is 8.47. The molecule has 0 aliphatic rings. The summed E-state index contributed by atoms with van der Waals surface area (Å²) in [6.45, 7) is -0.0412. The smallest absolute Gasteiger partial charge is 0.241 e. The van der Waals surface area contributed by atoms with Gasteiger partial charge in [-0.1, -0.05) is 0 Å². The second kappa shape index (κ2) is 4.83. The average Bonchev–Trinajstić information content (AvgIpc) is 2.78. The zero-order valence-corrected chi connectivity index (χ0v) is 9.84. The zero-order chi connectivity index (χ0) is 13.2. The van der Waals surface area contributed by atoms with E-state index in [1.807, 2.05) is 0 Å².